The molecule has 0 radical (unpaired) electrons. The summed E-state index contributed by atoms with van der Waals surface area (Å²) >= 11 is 0. The molecule has 2 rings (SSSR count). The van der Waals surface area contributed by atoms with Crippen molar-refractivity contribution in [2.75, 3.05) is 26.7 Å². The Morgan fingerprint density at radius 3 is 2.74 bits per heavy atom. The highest BCUT2D eigenvalue weighted by Crippen LogP contribution is 2.20. The van der Waals surface area contributed by atoms with Crippen LogP contribution in [0.3, 0.4) is 0 Å². The SMILES string of the molecule is CNCCC1CCN(C(=O)C2=NNC(=O)CC2)CC1. The van der Waals surface area contributed by atoms with Gasteiger partial charge in [-0.2, -0.15) is 5.10 Å². The number of carbonyl (C=O) groups is 2. The summed E-state index contributed by atoms with van der Waals surface area (Å²) in [6.07, 6.45) is 4.13. The second-order valence-corrected chi connectivity index (χ2v) is 5.22. The largest absolute Gasteiger partial charge is 0.338 e. The summed E-state index contributed by atoms with van der Waals surface area (Å²) in [5.41, 5.74) is 2.88. The van der Waals surface area contributed by atoms with Crippen molar-refractivity contribution < 1.29 is 9.59 Å². The van der Waals surface area contributed by atoms with E-state index in [9.17, 15) is 9.59 Å². The second kappa shape index (κ2) is 6.65. The van der Waals surface area contributed by atoms with Crippen LogP contribution in [0, 0.1) is 5.92 Å². The fraction of sp³-hybridized carbons (Fsp3) is 0.769. The quantitative estimate of drug-likeness (QED) is 0.758. The van der Waals surface area contributed by atoms with E-state index in [2.05, 4.69) is 15.8 Å². The minimum atomic E-state index is -0.109. The zero-order valence-corrected chi connectivity index (χ0v) is 11.4. The van der Waals surface area contributed by atoms with Gasteiger partial charge in [0.15, 0.2) is 0 Å². The van der Waals surface area contributed by atoms with E-state index in [0.29, 0.717) is 24.5 Å². The Morgan fingerprint density at radius 2 is 2.16 bits per heavy atom. The molecule has 0 bridgehead atoms. The highest BCUT2D eigenvalue weighted by Gasteiger charge is 2.27. The summed E-state index contributed by atoms with van der Waals surface area (Å²) in [5, 5.41) is 7.04. The lowest BCUT2D eigenvalue weighted by molar-refractivity contribution is -0.125. The van der Waals surface area contributed by atoms with E-state index in [1.54, 1.807) is 0 Å². The Kier molecular flexibility index (Phi) is 4.90. The van der Waals surface area contributed by atoms with Gasteiger partial charge < -0.3 is 10.2 Å². The molecule has 2 N–H and O–H groups in total. The lowest BCUT2D eigenvalue weighted by Gasteiger charge is -2.32. The van der Waals surface area contributed by atoms with Gasteiger partial charge in [0.25, 0.3) is 5.91 Å². The number of nitrogens with zero attached hydrogens (tertiary/aromatic N) is 2. The van der Waals surface area contributed by atoms with Crippen molar-refractivity contribution in [3.63, 3.8) is 0 Å². The molecule has 0 spiro atoms. The van der Waals surface area contributed by atoms with Crippen LogP contribution in [-0.4, -0.2) is 49.1 Å². The third-order valence-electron chi connectivity index (χ3n) is 3.86. The van der Waals surface area contributed by atoms with E-state index in [4.69, 9.17) is 0 Å². The lowest BCUT2D eigenvalue weighted by Crippen LogP contribution is -2.44. The Morgan fingerprint density at radius 1 is 1.42 bits per heavy atom. The number of hydrogen-bond acceptors (Lipinski definition) is 4. The van der Waals surface area contributed by atoms with Crippen molar-refractivity contribution in [1.82, 2.24) is 15.6 Å². The standard InChI is InChI=1S/C13H22N4O2/c1-14-7-4-10-5-8-17(9-6-10)13(19)11-2-3-12(18)16-15-11/h10,14H,2-9H2,1H3,(H,16,18). The van der Waals surface area contributed by atoms with Gasteiger partial charge in [-0.05, 0) is 38.8 Å². The first kappa shape index (κ1) is 14.0. The first-order valence-electron chi connectivity index (χ1n) is 7.00. The molecule has 1 saturated heterocycles. The predicted molar refractivity (Wildman–Crippen MR) is 72.7 cm³/mol. The molecule has 2 aliphatic heterocycles. The number of hydrogen-bond donors (Lipinski definition) is 2. The Hall–Kier alpha value is -1.43. The molecule has 19 heavy (non-hydrogen) atoms. The summed E-state index contributed by atoms with van der Waals surface area (Å²) < 4.78 is 0. The monoisotopic (exact) mass is 266 g/mol. The van der Waals surface area contributed by atoms with Crippen molar-refractivity contribution in [3.05, 3.63) is 0 Å². The van der Waals surface area contributed by atoms with E-state index in [1.807, 2.05) is 11.9 Å². The van der Waals surface area contributed by atoms with Gasteiger partial charge in [0.2, 0.25) is 5.91 Å². The summed E-state index contributed by atoms with van der Waals surface area (Å²) in [6.45, 7) is 2.65. The highest BCUT2D eigenvalue weighted by molar-refractivity contribution is 6.39. The van der Waals surface area contributed by atoms with Crippen LogP contribution in [0.15, 0.2) is 5.10 Å². The average molecular weight is 266 g/mol. The van der Waals surface area contributed by atoms with Crippen LogP contribution >= 0.6 is 0 Å². The van der Waals surface area contributed by atoms with Crippen molar-refractivity contribution in [2.24, 2.45) is 11.0 Å². The van der Waals surface area contributed by atoms with Gasteiger partial charge in [0, 0.05) is 25.9 Å². The summed E-state index contributed by atoms with van der Waals surface area (Å²) in [6, 6.07) is 0. The molecule has 0 atom stereocenters. The number of rotatable bonds is 4. The van der Waals surface area contributed by atoms with Crippen LogP contribution in [0.2, 0.25) is 0 Å². The summed E-state index contributed by atoms with van der Waals surface area (Å²) in [7, 11) is 1.97. The lowest BCUT2D eigenvalue weighted by atomic mass is 9.93. The third kappa shape index (κ3) is 3.76. The highest BCUT2D eigenvalue weighted by atomic mass is 16.2. The maximum atomic E-state index is 12.2. The smallest absolute Gasteiger partial charge is 0.270 e. The molecule has 2 heterocycles. The van der Waals surface area contributed by atoms with Crippen LogP contribution in [0.1, 0.15) is 32.1 Å². The Bertz CT molecular complexity index is 373. The van der Waals surface area contributed by atoms with Crippen LogP contribution in [0.5, 0.6) is 0 Å². The topological polar surface area (TPSA) is 73.8 Å². The van der Waals surface area contributed by atoms with Crippen LogP contribution < -0.4 is 10.7 Å². The van der Waals surface area contributed by atoms with Gasteiger partial charge >= 0.3 is 0 Å². The van der Waals surface area contributed by atoms with Crippen molar-refractivity contribution in [2.45, 2.75) is 32.1 Å². The van der Waals surface area contributed by atoms with E-state index < -0.39 is 0 Å². The van der Waals surface area contributed by atoms with Crippen LogP contribution in [0.25, 0.3) is 0 Å². The first-order valence-corrected chi connectivity index (χ1v) is 7.00. The fourth-order valence-electron chi connectivity index (χ4n) is 2.58. The van der Waals surface area contributed by atoms with E-state index in [1.165, 1.54) is 6.42 Å². The zero-order chi connectivity index (χ0) is 13.7. The summed E-state index contributed by atoms with van der Waals surface area (Å²) in [4.78, 5) is 25.1. The normalized spacial score (nSPS) is 21.0. The molecular weight excluding hydrogens is 244 g/mol. The van der Waals surface area contributed by atoms with E-state index in [-0.39, 0.29) is 11.8 Å². The van der Waals surface area contributed by atoms with Gasteiger partial charge in [0.05, 0.1) is 0 Å². The molecule has 0 aromatic rings. The number of carbonyl (C=O) groups excluding carboxylic acids is 2. The Labute approximate surface area is 113 Å². The molecule has 0 unspecified atom stereocenters. The molecule has 2 aliphatic rings. The molecule has 0 aromatic heterocycles. The molecule has 0 aliphatic carbocycles. The number of amides is 2. The molecule has 0 saturated carbocycles. The maximum absolute atomic E-state index is 12.2. The molecular formula is C13H22N4O2. The predicted octanol–water partition coefficient (Wildman–Crippen LogP) is 0.101. The van der Waals surface area contributed by atoms with Crippen molar-refractivity contribution in [3.8, 4) is 0 Å². The molecule has 106 valence electrons. The average Bonchev–Trinajstić information content (AvgIpc) is 2.46. The molecule has 2 amide bonds. The number of nitrogens with one attached hydrogen (secondary N) is 2. The molecule has 1 fully saturated rings. The minimum absolute atomic E-state index is 0.00735. The van der Waals surface area contributed by atoms with Gasteiger partial charge in [-0.1, -0.05) is 0 Å². The van der Waals surface area contributed by atoms with Gasteiger partial charge in [-0.15, -0.1) is 0 Å². The van der Waals surface area contributed by atoms with Gasteiger partial charge in [0.1, 0.15) is 5.71 Å². The molecule has 6 nitrogen and oxygen atoms in total. The van der Waals surface area contributed by atoms with Crippen LogP contribution in [0.4, 0.5) is 0 Å². The number of hydrazone groups is 1. The van der Waals surface area contributed by atoms with Gasteiger partial charge in [-0.3, -0.25) is 9.59 Å². The second-order valence-electron chi connectivity index (χ2n) is 5.22. The number of likely N-dealkylation sites (tertiary alicyclic amines) is 1. The first-order chi connectivity index (χ1) is 9.20. The zero-order valence-electron chi connectivity index (χ0n) is 11.4. The third-order valence-corrected chi connectivity index (χ3v) is 3.86. The number of piperidine rings is 1. The Balaban J connectivity index is 1.81. The molecule has 6 heteroatoms. The molecule has 0 aromatic carbocycles. The minimum Gasteiger partial charge on any atom is -0.338 e. The van der Waals surface area contributed by atoms with Crippen LogP contribution in [-0.2, 0) is 9.59 Å². The van der Waals surface area contributed by atoms with E-state index in [0.717, 1.165) is 32.5 Å². The summed E-state index contributed by atoms with van der Waals surface area (Å²) in [5.74, 6) is 0.596. The van der Waals surface area contributed by atoms with Crippen molar-refractivity contribution >= 4 is 17.5 Å². The fourth-order valence-corrected chi connectivity index (χ4v) is 2.58. The maximum Gasteiger partial charge on any atom is 0.270 e. The van der Waals surface area contributed by atoms with Gasteiger partial charge in [-0.25, -0.2) is 5.43 Å². The van der Waals surface area contributed by atoms with Crippen molar-refractivity contribution in [1.29, 1.82) is 0 Å². The van der Waals surface area contributed by atoms with E-state index >= 15 is 0 Å².